The fraction of sp³-hybridized carbons (Fsp3) is 0.273. The SMILES string of the molecule is CCOc1ccc(C2=C(N(C)c3ccccc3)C(=O)N(C(C)C)C2=O)cc1. The first kappa shape index (κ1) is 18.7. The van der Waals surface area contributed by atoms with Gasteiger partial charge in [0.15, 0.2) is 0 Å². The van der Waals surface area contributed by atoms with E-state index >= 15 is 0 Å². The minimum absolute atomic E-state index is 0.218. The maximum absolute atomic E-state index is 13.1. The number of nitrogens with zero attached hydrogens (tertiary/aromatic N) is 2. The van der Waals surface area contributed by atoms with E-state index in [1.54, 1.807) is 4.90 Å². The van der Waals surface area contributed by atoms with Gasteiger partial charge in [0.2, 0.25) is 0 Å². The Morgan fingerprint density at radius 1 is 0.963 bits per heavy atom. The number of anilines is 1. The third kappa shape index (κ3) is 3.45. The van der Waals surface area contributed by atoms with Gasteiger partial charge in [0.1, 0.15) is 11.4 Å². The number of likely N-dealkylation sites (N-methyl/N-ethyl adjacent to an activating group) is 1. The lowest BCUT2D eigenvalue weighted by atomic mass is 10.0. The van der Waals surface area contributed by atoms with Gasteiger partial charge in [0.05, 0.1) is 12.2 Å². The van der Waals surface area contributed by atoms with Crippen molar-refractivity contribution in [3.63, 3.8) is 0 Å². The lowest BCUT2D eigenvalue weighted by Gasteiger charge is -2.23. The summed E-state index contributed by atoms with van der Waals surface area (Å²) in [5.74, 6) is 0.194. The Hall–Kier alpha value is -3.08. The second-order valence-electron chi connectivity index (χ2n) is 6.65. The van der Waals surface area contributed by atoms with Crippen LogP contribution in [0.5, 0.6) is 5.75 Å². The standard InChI is InChI=1S/C22H24N2O3/c1-5-27-18-13-11-16(12-14-18)19-20(22(26)24(15(2)3)21(19)25)23(4)17-9-7-6-8-10-17/h6-15H,5H2,1-4H3. The summed E-state index contributed by atoms with van der Waals surface area (Å²) in [6, 6.07) is 16.6. The third-order valence-corrected chi connectivity index (χ3v) is 4.54. The lowest BCUT2D eigenvalue weighted by Crippen LogP contribution is -2.39. The van der Waals surface area contributed by atoms with E-state index in [0.29, 0.717) is 23.4 Å². The number of rotatable bonds is 6. The first-order valence-corrected chi connectivity index (χ1v) is 9.09. The van der Waals surface area contributed by atoms with Crippen molar-refractivity contribution in [2.45, 2.75) is 26.8 Å². The molecule has 3 rings (SSSR count). The van der Waals surface area contributed by atoms with Crippen molar-refractivity contribution in [2.24, 2.45) is 0 Å². The van der Waals surface area contributed by atoms with E-state index in [2.05, 4.69) is 0 Å². The van der Waals surface area contributed by atoms with Crippen LogP contribution < -0.4 is 9.64 Å². The summed E-state index contributed by atoms with van der Waals surface area (Å²) in [5, 5.41) is 0. The summed E-state index contributed by atoms with van der Waals surface area (Å²) < 4.78 is 5.49. The Labute approximate surface area is 159 Å². The van der Waals surface area contributed by atoms with Gasteiger partial charge >= 0.3 is 0 Å². The van der Waals surface area contributed by atoms with Crippen LogP contribution in [0.4, 0.5) is 5.69 Å². The Morgan fingerprint density at radius 2 is 1.59 bits per heavy atom. The van der Waals surface area contributed by atoms with Crippen LogP contribution in [0.2, 0.25) is 0 Å². The monoisotopic (exact) mass is 364 g/mol. The largest absolute Gasteiger partial charge is 0.494 e. The molecule has 0 aliphatic carbocycles. The smallest absolute Gasteiger partial charge is 0.278 e. The molecule has 0 saturated carbocycles. The van der Waals surface area contributed by atoms with E-state index in [0.717, 1.165) is 11.4 Å². The zero-order valence-corrected chi connectivity index (χ0v) is 16.1. The Balaban J connectivity index is 2.11. The molecule has 5 nitrogen and oxygen atoms in total. The minimum Gasteiger partial charge on any atom is -0.494 e. The maximum Gasteiger partial charge on any atom is 0.278 e. The first-order valence-electron chi connectivity index (χ1n) is 9.09. The summed E-state index contributed by atoms with van der Waals surface area (Å²) in [7, 11) is 1.81. The molecule has 27 heavy (non-hydrogen) atoms. The summed E-state index contributed by atoms with van der Waals surface area (Å²) in [6.45, 7) is 6.18. The highest BCUT2D eigenvalue weighted by Crippen LogP contribution is 2.34. The molecular formula is C22H24N2O3. The fourth-order valence-corrected chi connectivity index (χ4v) is 3.24. The molecule has 0 bridgehead atoms. The van der Waals surface area contributed by atoms with E-state index in [1.165, 1.54) is 4.90 Å². The van der Waals surface area contributed by atoms with Gasteiger partial charge in [-0.3, -0.25) is 14.5 Å². The van der Waals surface area contributed by atoms with Crippen molar-refractivity contribution in [1.82, 2.24) is 4.90 Å². The van der Waals surface area contributed by atoms with Crippen molar-refractivity contribution >= 4 is 23.1 Å². The van der Waals surface area contributed by atoms with E-state index < -0.39 is 0 Å². The van der Waals surface area contributed by atoms with Gasteiger partial charge in [0.25, 0.3) is 11.8 Å². The average Bonchev–Trinajstić information content (AvgIpc) is 2.93. The van der Waals surface area contributed by atoms with Crippen molar-refractivity contribution in [1.29, 1.82) is 0 Å². The van der Waals surface area contributed by atoms with Crippen molar-refractivity contribution in [3.8, 4) is 5.75 Å². The summed E-state index contributed by atoms with van der Waals surface area (Å²) in [6.07, 6.45) is 0. The number of ether oxygens (including phenoxy) is 1. The van der Waals surface area contributed by atoms with Crippen LogP contribution in [0.15, 0.2) is 60.3 Å². The van der Waals surface area contributed by atoms with Gasteiger partial charge in [-0.15, -0.1) is 0 Å². The molecule has 2 aromatic rings. The normalized spacial score (nSPS) is 14.3. The van der Waals surface area contributed by atoms with Gasteiger partial charge in [-0.25, -0.2) is 0 Å². The average molecular weight is 364 g/mol. The van der Waals surface area contributed by atoms with Gasteiger partial charge in [0, 0.05) is 18.8 Å². The number of carbonyl (C=O) groups is 2. The number of hydrogen-bond acceptors (Lipinski definition) is 4. The number of para-hydroxylation sites is 1. The highest BCUT2D eigenvalue weighted by atomic mass is 16.5. The Morgan fingerprint density at radius 3 is 2.15 bits per heavy atom. The molecule has 5 heteroatoms. The molecule has 0 N–H and O–H groups in total. The van der Waals surface area contributed by atoms with Gasteiger partial charge in [-0.05, 0) is 50.6 Å². The zero-order chi connectivity index (χ0) is 19.6. The van der Waals surface area contributed by atoms with Crippen molar-refractivity contribution in [3.05, 3.63) is 65.9 Å². The summed E-state index contributed by atoms with van der Waals surface area (Å²) in [4.78, 5) is 29.3. The molecule has 0 spiro atoms. The molecule has 1 aliphatic heterocycles. The van der Waals surface area contributed by atoms with E-state index in [4.69, 9.17) is 4.74 Å². The first-order chi connectivity index (χ1) is 13.0. The molecular weight excluding hydrogens is 340 g/mol. The molecule has 1 aliphatic rings. The molecule has 2 amide bonds. The molecule has 140 valence electrons. The summed E-state index contributed by atoms with van der Waals surface area (Å²) in [5.41, 5.74) is 2.37. The van der Waals surface area contributed by atoms with Crippen LogP contribution in [0.25, 0.3) is 5.57 Å². The minimum atomic E-state index is -0.273. The van der Waals surface area contributed by atoms with Crippen LogP contribution in [0.1, 0.15) is 26.3 Å². The Kier molecular flexibility index (Phi) is 5.31. The summed E-state index contributed by atoms with van der Waals surface area (Å²) >= 11 is 0. The topological polar surface area (TPSA) is 49.9 Å². The zero-order valence-electron chi connectivity index (χ0n) is 16.1. The quantitative estimate of drug-likeness (QED) is 0.733. The van der Waals surface area contributed by atoms with Gasteiger partial charge < -0.3 is 9.64 Å². The number of imide groups is 1. The second-order valence-corrected chi connectivity index (χ2v) is 6.65. The third-order valence-electron chi connectivity index (χ3n) is 4.54. The molecule has 0 saturated heterocycles. The lowest BCUT2D eigenvalue weighted by molar-refractivity contribution is -0.138. The second kappa shape index (κ2) is 7.66. The predicted molar refractivity (Wildman–Crippen MR) is 106 cm³/mol. The molecule has 0 radical (unpaired) electrons. The van der Waals surface area contributed by atoms with E-state index in [1.807, 2.05) is 82.4 Å². The molecule has 0 atom stereocenters. The molecule has 0 aromatic heterocycles. The molecule has 2 aromatic carbocycles. The van der Waals surface area contributed by atoms with Gasteiger partial charge in [-0.1, -0.05) is 30.3 Å². The maximum atomic E-state index is 13.1. The van der Waals surface area contributed by atoms with Crippen molar-refractivity contribution in [2.75, 3.05) is 18.6 Å². The van der Waals surface area contributed by atoms with E-state index in [9.17, 15) is 9.59 Å². The van der Waals surface area contributed by atoms with Crippen LogP contribution in [0, 0.1) is 0 Å². The molecule has 0 fully saturated rings. The van der Waals surface area contributed by atoms with Crippen molar-refractivity contribution < 1.29 is 14.3 Å². The number of hydrogen-bond donors (Lipinski definition) is 0. The fourth-order valence-electron chi connectivity index (χ4n) is 3.24. The number of amides is 2. The van der Waals surface area contributed by atoms with E-state index in [-0.39, 0.29) is 17.9 Å². The van der Waals surface area contributed by atoms with Crippen LogP contribution in [-0.2, 0) is 9.59 Å². The number of benzene rings is 2. The molecule has 0 unspecified atom stereocenters. The van der Waals surface area contributed by atoms with Gasteiger partial charge in [-0.2, -0.15) is 0 Å². The van der Waals surface area contributed by atoms with Crippen LogP contribution in [0.3, 0.4) is 0 Å². The Bertz CT molecular complexity index is 870. The predicted octanol–water partition coefficient (Wildman–Crippen LogP) is 3.71. The van der Waals surface area contributed by atoms with Crippen LogP contribution >= 0.6 is 0 Å². The van der Waals surface area contributed by atoms with Crippen LogP contribution in [-0.4, -0.2) is 36.4 Å². The molecule has 1 heterocycles. The highest BCUT2D eigenvalue weighted by Gasteiger charge is 2.42. The number of carbonyl (C=O) groups excluding carboxylic acids is 2. The highest BCUT2D eigenvalue weighted by molar-refractivity contribution is 6.36.